The average Bonchev–Trinajstić information content (AvgIpc) is 3.50. The van der Waals surface area contributed by atoms with Gasteiger partial charge >= 0.3 is 5.97 Å². The number of benzene rings is 2. The van der Waals surface area contributed by atoms with Crippen LogP contribution in [0, 0.1) is 23.7 Å². The summed E-state index contributed by atoms with van der Waals surface area (Å²) in [6.07, 6.45) is 4.80. The summed E-state index contributed by atoms with van der Waals surface area (Å²) in [7, 11) is 0. The Morgan fingerprint density at radius 1 is 0.879 bits per heavy atom. The maximum absolute atomic E-state index is 12.6. The highest BCUT2D eigenvalue weighted by molar-refractivity contribution is 6.08. The number of hydrogen-bond donors (Lipinski definition) is 1. The van der Waals surface area contributed by atoms with Gasteiger partial charge in [-0.3, -0.25) is 24.1 Å². The highest BCUT2D eigenvalue weighted by Gasteiger charge is 2.59. The van der Waals surface area contributed by atoms with Crippen LogP contribution in [0.25, 0.3) is 0 Å². The zero-order valence-electron chi connectivity index (χ0n) is 17.7. The lowest BCUT2D eigenvalue weighted by molar-refractivity contribution is -0.154. The molecule has 2 aliphatic carbocycles. The van der Waals surface area contributed by atoms with Crippen LogP contribution in [0.2, 0.25) is 0 Å². The first-order valence-corrected chi connectivity index (χ1v) is 10.8. The molecule has 3 aliphatic rings. The van der Waals surface area contributed by atoms with Gasteiger partial charge in [-0.25, -0.2) is 0 Å². The van der Waals surface area contributed by atoms with Gasteiger partial charge in [-0.05, 0) is 54.7 Å². The first-order valence-electron chi connectivity index (χ1n) is 10.8. The van der Waals surface area contributed by atoms with Gasteiger partial charge in [-0.15, -0.1) is 0 Å². The maximum atomic E-state index is 12.6. The molecular formula is C25H22N2O6. The lowest BCUT2D eigenvalue weighted by Crippen LogP contribution is -2.38. The number of likely N-dealkylation sites (tertiary alicyclic amines) is 1. The highest BCUT2D eigenvalue weighted by atomic mass is 16.5. The Balaban J connectivity index is 1.09. The summed E-state index contributed by atoms with van der Waals surface area (Å²) >= 11 is 0. The fraction of sp³-hybridized carbons (Fsp3) is 0.280. The Labute approximate surface area is 190 Å². The number of fused-ring (bicyclic) bond motifs is 5. The Hall–Kier alpha value is -3.94. The summed E-state index contributed by atoms with van der Waals surface area (Å²) in [6.45, 7) is -0.986. The van der Waals surface area contributed by atoms with Gasteiger partial charge in [0.15, 0.2) is 6.61 Å². The fourth-order valence-corrected chi connectivity index (χ4v) is 4.87. The molecule has 0 spiro atoms. The summed E-state index contributed by atoms with van der Waals surface area (Å²) in [5, 5.41) is 2.62. The largest absolute Gasteiger partial charge is 0.457 e. The first-order chi connectivity index (χ1) is 16.0. The molecule has 5 rings (SSSR count). The molecule has 2 fully saturated rings. The molecule has 1 heterocycles. The Morgan fingerprint density at radius 3 is 2.12 bits per heavy atom. The second kappa shape index (κ2) is 8.54. The molecule has 0 radical (unpaired) electrons. The molecule has 4 atom stereocenters. The van der Waals surface area contributed by atoms with E-state index in [9.17, 15) is 19.2 Å². The summed E-state index contributed by atoms with van der Waals surface area (Å²) in [4.78, 5) is 50.5. The number of imide groups is 1. The predicted octanol–water partition coefficient (Wildman–Crippen LogP) is 2.77. The average molecular weight is 446 g/mol. The number of nitrogens with one attached hydrogen (secondary N) is 1. The molecule has 3 amide bonds. The van der Waals surface area contributed by atoms with E-state index in [1.165, 1.54) is 0 Å². The van der Waals surface area contributed by atoms with Crippen molar-refractivity contribution in [3.63, 3.8) is 0 Å². The maximum Gasteiger partial charge on any atom is 0.326 e. The number of carbonyl (C=O) groups is 4. The molecule has 2 aromatic carbocycles. The smallest absolute Gasteiger partial charge is 0.326 e. The summed E-state index contributed by atoms with van der Waals surface area (Å²) in [6, 6.07) is 16.0. The third kappa shape index (κ3) is 4.11. The lowest BCUT2D eigenvalue weighted by atomic mass is 9.85. The number of para-hydroxylation sites is 1. The van der Waals surface area contributed by atoms with Gasteiger partial charge in [0.25, 0.3) is 5.91 Å². The second-order valence-electron chi connectivity index (χ2n) is 8.41. The van der Waals surface area contributed by atoms with Gasteiger partial charge in [0.05, 0.1) is 11.8 Å². The normalized spacial score (nSPS) is 24.7. The molecule has 1 saturated heterocycles. The Morgan fingerprint density at radius 2 is 1.48 bits per heavy atom. The van der Waals surface area contributed by atoms with E-state index in [1.807, 2.05) is 42.5 Å². The van der Waals surface area contributed by atoms with E-state index in [0.717, 1.165) is 11.3 Å². The van der Waals surface area contributed by atoms with Crippen molar-refractivity contribution in [3.8, 4) is 11.5 Å². The molecular weight excluding hydrogens is 424 g/mol. The number of amides is 3. The number of carbonyl (C=O) groups excluding carboxylic acids is 4. The van der Waals surface area contributed by atoms with Crippen LogP contribution >= 0.6 is 0 Å². The van der Waals surface area contributed by atoms with Crippen molar-refractivity contribution in [1.29, 1.82) is 0 Å². The van der Waals surface area contributed by atoms with Gasteiger partial charge in [0.1, 0.15) is 18.0 Å². The van der Waals surface area contributed by atoms with Crippen LogP contribution in [-0.2, 0) is 23.9 Å². The highest BCUT2D eigenvalue weighted by Crippen LogP contribution is 2.52. The molecule has 1 saturated carbocycles. The van der Waals surface area contributed by atoms with Crippen LogP contribution in [0.5, 0.6) is 11.5 Å². The van der Waals surface area contributed by atoms with Crippen molar-refractivity contribution in [2.45, 2.75) is 6.42 Å². The van der Waals surface area contributed by atoms with Gasteiger partial charge in [0.2, 0.25) is 11.8 Å². The van der Waals surface area contributed by atoms with E-state index in [2.05, 4.69) is 5.32 Å². The number of anilines is 1. The van der Waals surface area contributed by atoms with Gasteiger partial charge in [0, 0.05) is 5.69 Å². The van der Waals surface area contributed by atoms with Crippen molar-refractivity contribution in [1.82, 2.24) is 4.90 Å². The monoisotopic (exact) mass is 446 g/mol. The zero-order chi connectivity index (χ0) is 22.9. The second-order valence-corrected chi connectivity index (χ2v) is 8.41. The Kier molecular flexibility index (Phi) is 5.42. The van der Waals surface area contributed by atoms with E-state index in [1.54, 1.807) is 24.3 Å². The molecule has 168 valence electrons. The topological polar surface area (TPSA) is 102 Å². The lowest BCUT2D eigenvalue weighted by Gasteiger charge is -2.16. The SMILES string of the molecule is O=C(COC(=O)CN1C(=O)[C@H]2[C@H](C1=O)[C@H]1C=C[C@H]2C1)Nc1ccc(Oc2ccccc2)cc1. The summed E-state index contributed by atoms with van der Waals surface area (Å²) in [5.41, 5.74) is 0.511. The van der Waals surface area contributed by atoms with E-state index >= 15 is 0 Å². The van der Waals surface area contributed by atoms with Crippen molar-refractivity contribution in [2.24, 2.45) is 23.7 Å². The van der Waals surface area contributed by atoms with Crippen LogP contribution in [0.4, 0.5) is 5.69 Å². The first kappa shape index (κ1) is 20.9. The number of hydrogen-bond acceptors (Lipinski definition) is 6. The predicted molar refractivity (Wildman–Crippen MR) is 117 cm³/mol. The molecule has 2 aromatic rings. The number of esters is 1. The standard InChI is InChI=1S/C25H22N2O6/c28-20(26-17-8-10-19(11-9-17)33-18-4-2-1-3-5-18)14-32-21(29)13-27-24(30)22-15-6-7-16(12-15)23(22)25(27)31/h1-11,15-16,22-23H,12-14H2,(H,26,28)/t15-,16-,22+,23+/m0/s1. The minimum atomic E-state index is -0.793. The van der Waals surface area contributed by atoms with Crippen molar-refractivity contribution in [2.75, 3.05) is 18.5 Å². The number of allylic oxidation sites excluding steroid dienone is 2. The minimum absolute atomic E-state index is 0.0766. The summed E-state index contributed by atoms with van der Waals surface area (Å²) < 4.78 is 10.7. The third-order valence-corrected chi connectivity index (χ3v) is 6.33. The molecule has 1 N–H and O–H groups in total. The molecule has 1 aliphatic heterocycles. The molecule has 33 heavy (non-hydrogen) atoms. The van der Waals surface area contributed by atoms with E-state index in [-0.39, 0.29) is 35.5 Å². The van der Waals surface area contributed by atoms with Crippen molar-refractivity contribution in [3.05, 3.63) is 66.7 Å². The molecule has 0 unspecified atom stereocenters. The zero-order valence-corrected chi connectivity index (χ0v) is 17.7. The molecule has 2 bridgehead atoms. The molecule has 0 aromatic heterocycles. The van der Waals surface area contributed by atoms with Crippen molar-refractivity contribution >= 4 is 29.4 Å². The van der Waals surface area contributed by atoms with Crippen LogP contribution in [0.3, 0.4) is 0 Å². The fourth-order valence-electron chi connectivity index (χ4n) is 4.87. The third-order valence-electron chi connectivity index (χ3n) is 6.33. The van der Waals surface area contributed by atoms with Crippen molar-refractivity contribution < 1.29 is 28.7 Å². The molecule has 8 nitrogen and oxygen atoms in total. The quantitative estimate of drug-likeness (QED) is 0.399. The summed E-state index contributed by atoms with van der Waals surface area (Å²) in [5.74, 6) is -1.22. The number of nitrogens with zero attached hydrogens (tertiary/aromatic N) is 1. The van der Waals surface area contributed by atoms with E-state index < -0.39 is 25.0 Å². The Bertz CT molecular complexity index is 1100. The van der Waals surface area contributed by atoms with Crippen LogP contribution in [-0.4, -0.2) is 41.7 Å². The van der Waals surface area contributed by atoms with E-state index in [0.29, 0.717) is 17.2 Å². The molecule has 8 heteroatoms. The van der Waals surface area contributed by atoms with Gasteiger partial charge in [-0.2, -0.15) is 0 Å². The number of ether oxygens (including phenoxy) is 2. The van der Waals surface area contributed by atoms with Crippen LogP contribution in [0.15, 0.2) is 66.7 Å². The van der Waals surface area contributed by atoms with E-state index in [4.69, 9.17) is 9.47 Å². The minimum Gasteiger partial charge on any atom is -0.457 e. The van der Waals surface area contributed by atoms with Gasteiger partial charge < -0.3 is 14.8 Å². The van der Waals surface area contributed by atoms with Gasteiger partial charge in [-0.1, -0.05) is 30.4 Å². The van der Waals surface area contributed by atoms with Crippen LogP contribution < -0.4 is 10.1 Å². The number of rotatable bonds is 7. The van der Waals surface area contributed by atoms with Crippen LogP contribution in [0.1, 0.15) is 6.42 Å².